The molecule has 0 spiro atoms. The summed E-state index contributed by atoms with van der Waals surface area (Å²) in [4.78, 5) is 28.7. The summed E-state index contributed by atoms with van der Waals surface area (Å²) in [7, 11) is -3.50. The Morgan fingerprint density at radius 1 is 1.22 bits per heavy atom. The van der Waals surface area contributed by atoms with Gasteiger partial charge in [-0.3, -0.25) is 9.20 Å². The highest BCUT2D eigenvalue weighted by Crippen LogP contribution is 2.21. The number of esters is 1. The molecular formula is C18H15ClN2O5S. The van der Waals surface area contributed by atoms with Crippen molar-refractivity contribution >= 4 is 33.1 Å². The minimum Gasteiger partial charge on any atom is -0.456 e. The third-order valence-corrected chi connectivity index (χ3v) is 5.24. The second kappa shape index (κ2) is 7.13. The third kappa shape index (κ3) is 4.17. The van der Waals surface area contributed by atoms with E-state index in [2.05, 4.69) is 4.98 Å². The van der Waals surface area contributed by atoms with Crippen LogP contribution in [0.5, 0.6) is 0 Å². The molecule has 3 aromatic rings. The van der Waals surface area contributed by atoms with Gasteiger partial charge in [0.15, 0.2) is 9.84 Å². The lowest BCUT2D eigenvalue weighted by molar-refractivity contribution is 0.0467. The summed E-state index contributed by atoms with van der Waals surface area (Å²) in [5, 5.41) is 0.0643. The van der Waals surface area contributed by atoms with E-state index in [4.69, 9.17) is 16.3 Å². The van der Waals surface area contributed by atoms with Crippen molar-refractivity contribution in [3.05, 3.63) is 74.8 Å². The summed E-state index contributed by atoms with van der Waals surface area (Å²) in [5.41, 5.74) is 1.23. The molecule has 0 fully saturated rings. The van der Waals surface area contributed by atoms with E-state index in [9.17, 15) is 18.0 Å². The van der Waals surface area contributed by atoms with Crippen molar-refractivity contribution in [2.75, 3.05) is 6.26 Å². The van der Waals surface area contributed by atoms with Crippen LogP contribution in [0.15, 0.2) is 52.3 Å². The minimum atomic E-state index is -3.50. The smallest absolute Gasteiger partial charge is 0.340 e. The summed E-state index contributed by atoms with van der Waals surface area (Å²) in [6.45, 7) is 1.60. The van der Waals surface area contributed by atoms with Gasteiger partial charge in [0.2, 0.25) is 0 Å². The largest absolute Gasteiger partial charge is 0.456 e. The molecule has 2 heterocycles. The van der Waals surface area contributed by atoms with E-state index in [1.165, 1.54) is 22.6 Å². The first kappa shape index (κ1) is 19.1. The van der Waals surface area contributed by atoms with Crippen LogP contribution in [0.4, 0.5) is 0 Å². The molecule has 140 valence electrons. The minimum absolute atomic E-state index is 0.0451. The second-order valence-electron chi connectivity index (χ2n) is 6.01. The lowest BCUT2D eigenvalue weighted by Gasteiger charge is -2.08. The van der Waals surface area contributed by atoms with E-state index in [0.29, 0.717) is 5.65 Å². The van der Waals surface area contributed by atoms with Crippen molar-refractivity contribution in [1.29, 1.82) is 0 Å². The first-order valence-corrected chi connectivity index (χ1v) is 10.1. The van der Waals surface area contributed by atoms with Crippen LogP contribution in [0.3, 0.4) is 0 Å². The maximum Gasteiger partial charge on any atom is 0.340 e. The van der Waals surface area contributed by atoms with E-state index in [-0.39, 0.29) is 33.3 Å². The number of sulfone groups is 1. The van der Waals surface area contributed by atoms with Gasteiger partial charge >= 0.3 is 5.97 Å². The number of benzene rings is 1. The Labute approximate surface area is 160 Å². The number of carbonyl (C=O) groups is 1. The van der Waals surface area contributed by atoms with Gasteiger partial charge in [-0.05, 0) is 36.8 Å². The van der Waals surface area contributed by atoms with Crippen LogP contribution in [0, 0.1) is 6.92 Å². The van der Waals surface area contributed by atoms with Crippen molar-refractivity contribution in [3.8, 4) is 0 Å². The molecular weight excluding hydrogens is 392 g/mol. The molecule has 0 bridgehead atoms. The maximum atomic E-state index is 12.3. The van der Waals surface area contributed by atoms with Crippen LogP contribution in [-0.2, 0) is 21.2 Å². The number of aryl methyl sites for hydroxylation is 1. The topological polar surface area (TPSA) is 94.8 Å². The molecule has 0 N–H and O–H groups in total. The molecule has 27 heavy (non-hydrogen) atoms. The molecule has 0 aliphatic carbocycles. The molecule has 2 aromatic heterocycles. The van der Waals surface area contributed by atoms with Gasteiger partial charge in [-0.25, -0.2) is 18.2 Å². The number of pyridine rings is 1. The lowest BCUT2D eigenvalue weighted by Crippen LogP contribution is -2.17. The SMILES string of the molecule is Cc1ccc2nc(COC(=O)c3cc(S(C)(=O)=O)ccc3Cl)cc(=O)n2c1. The van der Waals surface area contributed by atoms with E-state index in [1.807, 2.05) is 13.0 Å². The monoisotopic (exact) mass is 406 g/mol. The number of hydrogen-bond acceptors (Lipinski definition) is 6. The van der Waals surface area contributed by atoms with E-state index >= 15 is 0 Å². The van der Waals surface area contributed by atoms with Crippen molar-refractivity contribution in [2.45, 2.75) is 18.4 Å². The van der Waals surface area contributed by atoms with Crippen molar-refractivity contribution in [3.63, 3.8) is 0 Å². The van der Waals surface area contributed by atoms with Gasteiger partial charge in [0.05, 0.1) is 21.2 Å². The number of fused-ring (bicyclic) bond motifs is 1. The van der Waals surface area contributed by atoms with Crippen molar-refractivity contribution in [1.82, 2.24) is 9.38 Å². The number of carbonyl (C=O) groups excluding carboxylic acids is 1. The van der Waals surface area contributed by atoms with E-state index < -0.39 is 15.8 Å². The average Bonchev–Trinajstić information content (AvgIpc) is 2.59. The highest BCUT2D eigenvalue weighted by molar-refractivity contribution is 7.90. The van der Waals surface area contributed by atoms with Crippen LogP contribution in [0.25, 0.3) is 5.65 Å². The predicted octanol–water partition coefficient (Wildman–Crippen LogP) is 2.42. The fourth-order valence-electron chi connectivity index (χ4n) is 2.44. The van der Waals surface area contributed by atoms with Crippen LogP contribution in [0.2, 0.25) is 5.02 Å². The van der Waals surface area contributed by atoms with Gasteiger partial charge in [0.1, 0.15) is 12.3 Å². The average molecular weight is 407 g/mol. The zero-order valence-electron chi connectivity index (χ0n) is 14.5. The van der Waals surface area contributed by atoms with Gasteiger partial charge in [-0.15, -0.1) is 0 Å². The molecule has 0 radical (unpaired) electrons. The molecule has 0 amide bonds. The molecule has 0 aliphatic heterocycles. The second-order valence-corrected chi connectivity index (χ2v) is 8.43. The van der Waals surface area contributed by atoms with Crippen LogP contribution >= 0.6 is 11.6 Å². The number of ether oxygens (including phenoxy) is 1. The first-order valence-electron chi connectivity index (χ1n) is 7.81. The van der Waals surface area contributed by atoms with Gasteiger partial charge in [0.25, 0.3) is 5.56 Å². The van der Waals surface area contributed by atoms with Gasteiger partial charge < -0.3 is 4.74 Å². The molecule has 0 saturated carbocycles. The number of rotatable bonds is 4. The Hall–Kier alpha value is -2.71. The van der Waals surface area contributed by atoms with Crippen LogP contribution in [-0.4, -0.2) is 30.0 Å². The van der Waals surface area contributed by atoms with E-state index in [1.54, 1.807) is 12.3 Å². The number of nitrogens with zero attached hydrogens (tertiary/aromatic N) is 2. The molecule has 0 aliphatic rings. The number of aromatic nitrogens is 2. The zero-order chi connectivity index (χ0) is 19.8. The Balaban J connectivity index is 1.85. The maximum absolute atomic E-state index is 12.3. The number of hydrogen-bond donors (Lipinski definition) is 0. The summed E-state index contributed by atoms with van der Waals surface area (Å²) >= 11 is 5.98. The fourth-order valence-corrected chi connectivity index (χ4v) is 3.28. The summed E-state index contributed by atoms with van der Waals surface area (Å²) in [5.74, 6) is -0.809. The highest BCUT2D eigenvalue weighted by atomic mass is 35.5. The molecule has 0 saturated heterocycles. The Bertz CT molecular complexity index is 1220. The predicted molar refractivity (Wildman–Crippen MR) is 99.9 cm³/mol. The van der Waals surface area contributed by atoms with Gasteiger partial charge in [-0.2, -0.15) is 0 Å². The zero-order valence-corrected chi connectivity index (χ0v) is 16.0. The Kier molecular flexibility index (Phi) is 5.03. The normalized spacial score (nSPS) is 11.5. The van der Waals surface area contributed by atoms with Gasteiger partial charge in [0, 0.05) is 18.5 Å². The first-order chi connectivity index (χ1) is 12.6. The molecule has 3 rings (SSSR count). The molecule has 0 atom stereocenters. The Morgan fingerprint density at radius 2 is 1.96 bits per heavy atom. The summed E-state index contributed by atoms with van der Waals surface area (Å²) < 4.78 is 29.8. The third-order valence-electron chi connectivity index (χ3n) is 3.80. The molecule has 0 unspecified atom stereocenters. The lowest BCUT2D eigenvalue weighted by atomic mass is 10.2. The molecule has 7 nitrogen and oxygen atoms in total. The van der Waals surface area contributed by atoms with Gasteiger partial charge in [-0.1, -0.05) is 17.7 Å². The molecule has 9 heteroatoms. The van der Waals surface area contributed by atoms with Crippen LogP contribution in [0.1, 0.15) is 21.6 Å². The van der Waals surface area contributed by atoms with Crippen molar-refractivity contribution < 1.29 is 17.9 Å². The number of halogens is 1. The Morgan fingerprint density at radius 3 is 2.67 bits per heavy atom. The fraction of sp³-hybridized carbons (Fsp3) is 0.167. The molecule has 1 aromatic carbocycles. The highest BCUT2D eigenvalue weighted by Gasteiger charge is 2.17. The summed E-state index contributed by atoms with van der Waals surface area (Å²) in [6.07, 6.45) is 2.69. The van der Waals surface area contributed by atoms with Crippen LogP contribution < -0.4 is 5.56 Å². The van der Waals surface area contributed by atoms with E-state index in [0.717, 1.165) is 17.9 Å². The standard InChI is InChI=1S/C18H15ClN2O5S/c1-11-3-6-16-20-12(7-17(22)21(16)9-11)10-26-18(23)14-8-13(27(2,24)25)4-5-15(14)19/h3-9H,10H2,1-2H3. The van der Waals surface area contributed by atoms with Crippen molar-refractivity contribution in [2.24, 2.45) is 0 Å². The summed E-state index contributed by atoms with van der Waals surface area (Å²) in [6, 6.07) is 8.56. The quantitative estimate of drug-likeness (QED) is 0.617.